The molecular formula is C67H43N9. The summed E-state index contributed by atoms with van der Waals surface area (Å²) in [5, 5.41) is 0. The highest BCUT2D eigenvalue weighted by Gasteiger charge is 2.47. The zero-order chi connectivity index (χ0) is 50.2. The molecule has 1 aliphatic heterocycles. The Morgan fingerprint density at radius 2 is 0.671 bits per heavy atom. The smallest absolute Gasteiger partial charge is 0.160 e. The third-order valence-electron chi connectivity index (χ3n) is 15.0. The Kier molecular flexibility index (Phi) is 9.89. The van der Waals surface area contributed by atoms with Crippen molar-refractivity contribution < 1.29 is 0 Å². The van der Waals surface area contributed by atoms with E-state index in [1.165, 1.54) is 11.1 Å². The molecule has 0 saturated carbocycles. The summed E-state index contributed by atoms with van der Waals surface area (Å²) in [5.41, 5.74) is 19.8. The summed E-state index contributed by atoms with van der Waals surface area (Å²) in [6.07, 6.45) is 7.40. The van der Waals surface area contributed by atoms with Gasteiger partial charge in [-0.15, -0.1) is 0 Å². The van der Waals surface area contributed by atoms with Gasteiger partial charge in [0.05, 0.1) is 67.3 Å². The highest BCUT2D eigenvalue weighted by Crippen LogP contribution is 2.60. The van der Waals surface area contributed by atoms with Crippen molar-refractivity contribution in [1.82, 2.24) is 39.0 Å². The van der Waals surface area contributed by atoms with E-state index in [9.17, 15) is 0 Å². The van der Waals surface area contributed by atoms with Gasteiger partial charge < -0.3 is 14.0 Å². The molecule has 0 atom stereocenters. The van der Waals surface area contributed by atoms with Crippen LogP contribution in [0.1, 0.15) is 22.3 Å². The summed E-state index contributed by atoms with van der Waals surface area (Å²) in [6, 6.07) is 83.7. The molecule has 9 nitrogen and oxygen atoms in total. The van der Waals surface area contributed by atoms with Crippen molar-refractivity contribution in [3.05, 3.63) is 284 Å². The van der Waals surface area contributed by atoms with Crippen molar-refractivity contribution in [2.45, 2.75) is 5.41 Å². The molecule has 0 fully saturated rings. The monoisotopic (exact) mass is 973 g/mol. The van der Waals surface area contributed by atoms with Gasteiger partial charge in [-0.2, -0.15) is 0 Å². The number of benzene rings is 7. The number of rotatable bonds is 8. The van der Waals surface area contributed by atoms with Crippen LogP contribution in [-0.4, -0.2) is 39.0 Å². The minimum Gasteiger partial charge on any atom is -0.306 e. The van der Waals surface area contributed by atoms with E-state index in [-0.39, 0.29) is 0 Å². The van der Waals surface area contributed by atoms with Crippen LogP contribution in [0, 0.1) is 0 Å². The van der Waals surface area contributed by atoms with E-state index in [0.717, 1.165) is 112 Å². The van der Waals surface area contributed by atoms with Gasteiger partial charge in [0, 0.05) is 41.5 Å². The average Bonchev–Trinajstić information content (AvgIpc) is 4.03. The van der Waals surface area contributed by atoms with E-state index in [0.29, 0.717) is 5.82 Å². The Morgan fingerprint density at radius 3 is 1.11 bits per heavy atom. The Balaban J connectivity index is 1.15. The fourth-order valence-corrected chi connectivity index (χ4v) is 11.9. The summed E-state index contributed by atoms with van der Waals surface area (Å²) in [6.45, 7) is 0. The molecule has 1 aliphatic rings. The number of nitrogens with zero attached hydrogens (tertiary/aromatic N) is 9. The normalized spacial score (nSPS) is 12.8. The number of fused-ring (bicyclic) bond motifs is 8. The first-order valence-electron chi connectivity index (χ1n) is 25.4. The molecule has 8 heterocycles. The molecule has 9 heteroatoms. The van der Waals surface area contributed by atoms with Crippen molar-refractivity contribution in [2.24, 2.45) is 0 Å². The zero-order valence-electron chi connectivity index (χ0n) is 40.9. The third-order valence-corrected chi connectivity index (χ3v) is 15.0. The van der Waals surface area contributed by atoms with Crippen molar-refractivity contribution in [2.75, 3.05) is 4.90 Å². The van der Waals surface area contributed by atoms with Gasteiger partial charge in [0.25, 0.3) is 0 Å². The van der Waals surface area contributed by atoms with E-state index in [1.54, 1.807) is 0 Å². The molecule has 0 amide bonds. The number of anilines is 3. The van der Waals surface area contributed by atoms with Gasteiger partial charge in [-0.25, -0.2) is 9.97 Å². The summed E-state index contributed by atoms with van der Waals surface area (Å²) in [7, 11) is 0. The van der Waals surface area contributed by atoms with Crippen LogP contribution in [0.2, 0.25) is 0 Å². The number of para-hydroxylation sites is 2. The van der Waals surface area contributed by atoms with Gasteiger partial charge in [0.15, 0.2) is 5.82 Å². The molecular weight excluding hydrogens is 931 g/mol. The van der Waals surface area contributed by atoms with Crippen molar-refractivity contribution >= 4 is 61.2 Å². The lowest BCUT2D eigenvalue weighted by Crippen LogP contribution is -2.38. The molecule has 15 rings (SSSR count). The first-order valence-corrected chi connectivity index (χ1v) is 25.4. The van der Waals surface area contributed by atoms with E-state index in [1.807, 2.05) is 73.3 Å². The van der Waals surface area contributed by atoms with E-state index in [2.05, 4.69) is 202 Å². The van der Waals surface area contributed by atoms with Gasteiger partial charge in [-0.3, -0.25) is 19.9 Å². The maximum atomic E-state index is 5.50. The fourth-order valence-electron chi connectivity index (χ4n) is 11.9. The summed E-state index contributed by atoms with van der Waals surface area (Å²) >= 11 is 0. The molecule has 7 aromatic carbocycles. The number of pyridine rings is 4. The second-order valence-corrected chi connectivity index (χ2v) is 19.1. The summed E-state index contributed by atoms with van der Waals surface area (Å²) in [4.78, 5) is 33.4. The first-order chi connectivity index (χ1) is 37.7. The van der Waals surface area contributed by atoms with Crippen LogP contribution >= 0.6 is 0 Å². The molecule has 0 saturated heterocycles. The van der Waals surface area contributed by atoms with Gasteiger partial charge in [0.2, 0.25) is 0 Å². The van der Waals surface area contributed by atoms with Crippen LogP contribution in [0.25, 0.3) is 89.4 Å². The van der Waals surface area contributed by atoms with Gasteiger partial charge in [0.1, 0.15) is 22.1 Å². The molecule has 0 radical (unpaired) electrons. The molecule has 14 aromatic rings. The number of aromatic nitrogens is 8. The summed E-state index contributed by atoms with van der Waals surface area (Å²) in [5.74, 6) is 0.622. The maximum Gasteiger partial charge on any atom is 0.160 e. The molecule has 7 aromatic heterocycles. The molecule has 0 spiro atoms. The molecule has 76 heavy (non-hydrogen) atoms. The Bertz CT molecular complexity index is 4150. The predicted octanol–water partition coefficient (Wildman–Crippen LogP) is 15.4. The third kappa shape index (κ3) is 6.52. The SMILES string of the molecule is c1ccc(-c2cc(-c3cc(-n4c5cccnc5c5ncccc54)c(N4c5ccccc5C(c5ccccc5)(c5ccccc5)c5ccccc54)c(-n4c5cccnc5c5ncccc54)c3)nc(-c3ccccc3)n2)cc1. The highest BCUT2D eigenvalue weighted by atomic mass is 15.2. The van der Waals surface area contributed by atoms with Crippen LogP contribution in [0.4, 0.5) is 17.1 Å². The van der Waals surface area contributed by atoms with Crippen LogP contribution in [-0.2, 0) is 5.41 Å². The molecule has 0 N–H and O–H groups in total. The maximum absolute atomic E-state index is 5.50. The topological polar surface area (TPSA) is 90.4 Å². The Morgan fingerprint density at radius 1 is 0.303 bits per heavy atom. The van der Waals surface area contributed by atoms with Crippen molar-refractivity contribution in [3.8, 4) is 45.3 Å². The van der Waals surface area contributed by atoms with E-state index >= 15 is 0 Å². The van der Waals surface area contributed by atoms with Gasteiger partial charge in [-0.05, 0) is 101 Å². The molecule has 356 valence electrons. The largest absolute Gasteiger partial charge is 0.306 e. The van der Waals surface area contributed by atoms with Crippen LogP contribution in [0.3, 0.4) is 0 Å². The lowest BCUT2D eigenvalue weighted by Gasteiger charge is -2.47. The van der Waals surface area contributed by atoms with Gasteiger partial charge in [-0.1, -0.05) is 158 Å². The lowest BCUT2D eigenvalue weighted by atomic mass is 9.62. The number of hydrogen-bond donors (Lipinski definition) is 0. The fraction of sp³-hybridized carbons (Fsp3) is 0.0149. The Labute approximate surface area is 437 Å². The molecule has 0 unspecified atom stereocenters. The zero-order valence-corrected chi connectivity index (χ0v) is 40.9. The number of hydrogen-bond acceptors (Lipinski definition) is 7. The standard InChI is InChI=1S/C67H43N9/c1-5-21-44(22-6-1)51-43-52(73-66(72-51)45-23-7-2-8-24-45)46-41-59(74-55-33-17-37-68-61(55)62-56(74)34-18-38-69-62)65(60(42-46)75-57-35-19-39-70-63(57)64-58(75)36-20-40-71-64)76-53-31-15-13-29-49(53)67(47-25-9-3-10-26-47,48-27-11-4-12-28-48)50-30-14-16-32-54(50)76/h1-43H. The van der Waals surface area contributed by atoms with Crippen LogP contribution in [0.15, 0.2) is 261 Å². The second-order valence-electron chi connectivity index (χ2n) is 19.1. The van der Waals surface area contributed by atoms with Crippen LogP contribution < -0.4 is 4.90 Å². The Hall–Kier alpha value is -10.4. The molecule has 0 bridgehead atoms. The first kappa shape index (κ1) is 43.2. The van der Waals surface area contributed by atoms with Crippen molar-refractivity contribution in [3.63, 3.8) is 0 Å². The predicted molar refractivity (Wildman–Crippen MR) is 305 cm³/mol. The summed E-state index contributed by atoms with van der Waals surface area (Å²) < 4.78 is 4.69. The highest BCUT2D eigenvalue weighted by molar-refractivity contribution is 6.09. The minimum atomic E-state index is -0.712. The molecule has 0 aliphatic carbocycles. The second kappa shape index (κ2) is 17.4. The quantitative estimate of drug-likeness (QED) is 0.150. The van der Waals surface area contributed by atoms with Gasteiger partial charge >= 0.3 is 0 Å². The average molecular weight is 974 g/mol. The van der Waals surface area contributed by atoms with Crippen molar-refractivity contribution in [1.29, 1.82) is 0 Å². The minimum absolute atomic E-state index is 0.622. The van der Waals surface area contributed by atoms with E-state index in [4.69, 9.17) is 29.9 Å². The van der Waals surface area contributed by atoms with Crippen LogP contribution in [0.5, 0.6) is 0 Å². The van der Waals surface area contributed by atoms with E-state index < -0.39 is 5.41 Å². The lowest BCUT2D eigenvalue weighted by molar-refractivity contribution is 0.731.